The van der Waals surface area contributed by atoms with Crippen molar-refractivity contribution < 1.29 is 9.90 Å². The van der Waals surface area contributed by atoms with E-state index in [0.717, 1.165) is 32.0 Å². The van der Waals surface area contributed by atoms with Gasteiger partial charge in [0.1, 0.15) is 5.69 Å². The van der Waals surface area contributed by atoms with Gasteiger partial charge in [0.15, 0.2) is 5.82 Å². The Bertz CT molecular complexity index is 394. The Kier molecular flexibility index (Phi) is 2.82. The first kappa shape index (κ1) is 10.9. The van der Waals surface area contributed by atoms with Crippen molar-refractivity contribution in [3.05, 3.63) is 11.8 Å². The van der Waals surface area contributed by atoms with E-state index in [-0.39, 0.29) is 5.69 Å². The minimum Gasteiger partial charge on any atom is -0.477 e. The molecule has 0 aliphatic carbocycles. The number of carboxylic acid groups (broad SMARTS) is 1. The van der Waals surface area contributed by atoms with Gasteiger partial charge in [-0.25, -0.2) is 4.79 Å². The monoisotopic (exact) mass is 224 g/mol. The quantitative estimate of drug-likeness (QED) is 0.758. The van der Waals surface area contributed by atoms with Crippen LogP contribution in [0.3, 0.4) is 0 Å². The van der Waals surface area contributed by atoms with Crippen molar-refractivity contribution in [3.63, 3.8) is 0 Å². The van der Waals surface area contributed by atoms with Gasteiger partial charge in [0.25, 0.3) is 0 Å². The van der Waals surface area contributed by atoms with Gasteiger partial charge >= 0.3 is 5.97 Å². The fourth-order valence-electron chi connectivity index (χ4n) is 1.84. The number of hydrogen-bond acceptors (Lipinski definition) is 4. The molecule has 2 rings (SSSR count). The van der Waals surface area contributed by atoms with Crippen molar-refractivity contribution in [3.8, 4) is 0 Å². The third kappa shape index (κ3) is 2.01. The van der Waals surface area contributed by atoms with E-state index in [1.54, 1.807) is 13.1 Å². The summed E-state index contributed by atoms with van der Waals surface area (Å²) in [6.07, 6.45) is 0. The molecule has 0 bridgehead atoms. The molecular weight excluding hydrogens is 208 g/mol. The lowest BCUT2D eigenvalue weighted by molar-refractivity contribution is 0.0685. The maximum atomic E-state index is 10.9. The highest BCUT2D eigenvalue weighted by molar-refractivity contribution is 5.86. The number of aromatic carboxylic acids is 1. The first-order valence-corrected chi connectivity index (χ1v) is 5.29. The van der Waals surface area contributed by atoms with Gasteiger partial charge in [0.05, 0.1) is 0 Å². The highest BCUT2D eigenvalue weighted by Gasteiger charge is 2.19. The molecule has 1 aromatic rings. The minimum atomic E-state index is -0.935. The topological polar surface area (TPSA) is 61.6 Å². The summed E-state index contributed by atoms with van der Waals surface area (Å²) in [5, 5.41) is 13.2. The Labute approximate surface area is 94.1 Å². The van der Waals surface area contributed by atoms with Crippen LogP contribution in [0.5, 0.6) is 0 Å². The van der Waals surface area contributed by atoms with Crippen LogP contribution in [0.15, 0.2) is 6.07 Å². The van der Waals surface area contributed by atoms with Gasteiger partial charge in [0, 0.05) is 39.3 Å². The van der Waals surface area contributed by atoms with Gasteiger partial charge in [-0.3, -0.25) is 4.68 Å². The van der Waals surface area contributed by atoms with E-state index < -0.39 is 5.97 Å². The summed E-state index contributed by atoms with van der Waals surface area (Å²) in [4.78, 5) is 15.2. The number of rotatable bonds is 2. The van der Waals surface area contributed by atoms with Gasteiger partial charge < -0.3 is 14.9 Å². The number of likely N-dealkylation sites (N-methyl/N-ethyl adjacent to an activating group) is 1. The lowest BCUT2D eigenvalue weighted by Crippen LogP contribution is -2.44. The molecule has 2 heterocycles. The van der Waals surface area contributed by atoms with Gasteiger partial charge in [0.2, 0.25) is 0 Å². The Morgan fingerprint density at radius 1 is 1.31 bits per heavy atom. The Balaban J connectivity index is 2.15. The van der Waals surface area contributed by atoms with Crippen molar-refractivity contribution in [1.29, 1.82) is 0 Å². The molecule has 0 saturated carbocycles. The molecule has 1 N–H and O–H groups in total. The summed E-state index contributed by atoms with van der Waals surface area (Å²) in [6, 6.07) is 1.63. The van der Waals surface area contributed by atoms with Crippen LogP contribution in [0, 0.1) is 0 Å². The number of aryl methyl sites for hydroxylation is 1. The van der Waals surface area contributed by atoms with Crippen LogP contribution in [-0.4, -0.2) is 59.0 Å². The van der Waals surface area contributed by atoms with Crippen molar-refractivity contribution in [2.24, 2.45) is 7.05 Å². The van der Waals surface area contributed by atoms with Crippen LogP contribution in [0.25, 0.3) is 0 Å². The summed E-state index contributed by atoms with van der Waals surface area (Å²) in [6.45, 7) is 3.76. The molecule has 0 radical (unpaired) electrons. The molecule has 88 valence electrons. The van der Waals surface area contributed by atoms with Gasteiger partial charge in [-0.2, -0.15) is 5.10 Å². The zero-order valence-corrected chi connectivity index (χ0v) is 9.55. The van der Waals surface area contributed by atoms with Crippen molar-refractivity contribution in [1.82, 2.24) is 14.7 Å². The van der Waals surface area contributed by atoms with Crippen LogP contribution < -0.4 is 4.90 Å². The second-order valence-electron chi connectivity index (χ2n) is 4.11. The number of piperazine rings is 1. The Hall–Kier alpha value is -1.56. The van der Waals surface area contributed by atoms with Crippen molar-refractivity contribution >= 4 is 11.8 Å². The third-order valence-corrected chi connectivity index (χ3v) is 2.91. The molecule has 0 unspecified atom stereocenters. The molecule has 16 heavy (non-hydrogen) atoms. The minimum absolute atomic E-state index is 0.230. The highest BCUT2D eigenvalue weighted by Crippen LogP contribution is 2.15. The summed E-state index contributed by atoms with van der Waals surface area (Å²) in [5.74, 6) is -0.177. The van der Waals surface area contributed by atoms with Crippen LogP contribution in [0.2, 0.25) is 0 Å². The Morgan fingerprint density at radius 3 is 2.44 bits per heavy atom. The number of aromatic nitrogens is 2. The van der Waals surface area contributed by atoms with Crippen LogP contribution in [-0.2, 0) is 7.05 Å². The lowest BCUT2D eigenvalue weighted by Gasteiger charge is -2.32. The molecule has 1 aromatic heterocycles. The van der Waals surface area contributed by atoms with Gasteiger partial charge in [-0.1, -0.05) is 0 Å². The average molecular weight is 224 g/mol. The van der Waals surface area contributed by atoms with Crippen LogP contribution in [0.1, 0.15) is 10.5 Å². The first-order chi connectivity index (χ1) is 7.58. The van der Waals surface area contributed by atoms with E-state index in [2.05, 4.69) is 21.9 Å². The maximum Gasteiger partial charge on any atom is 0.354 e. The standard InChI is InChI=1S/C10H16N4O2/c1-12-3-5-14(6-4-12)9-7-8(10(15)16)13(2)11-9/h7H,3-6H2,1-2H3,(H,15,16). The smallest absolute Gasteiger partial charge is 0.354 e. The summed E-state index contributed by atoms with van der Waals surface area (Å²) >= 11 is 0. The van der Waals surface area contributed by atoms with Crippen LogP contribution in [0.4, 0.5) is 5.82 Å². The molecule has 0 aromatic carbocycles. The fourth-order valence-corrected chi connectivity index (χ4v) is 1.84. The second kappa shape index (κ2) is 4.13. The van der Waals surface area contributed by atoms with E-state index in [9.17, 15) is 4.79 Å². The summed E-state index contributed by atoms with van der Waals surface area (Å²) in [7, 11) is 3.74. The number of carboxylic acids is 1. The molecule has 6 nitrogen and oxygen atoms in total. The molecule has 6 heteroatoms. The normalized spacial score (nSPS) is 17.8. The SMILES string of the molecule is CN1CCN(c2cc(C(=O)O)n(C)n2)CC1. The first-order valence-electron chi connectivity index (χ1n) is 5.29. The number of anilines is 1. The molecule has 1 fully saturated rings. The molecular formula is C10H16N4O2. The van der Waals surface area contributed by atoms with E-state index in [1.165, 1.54) is 4.68 Å². The lowest BCUT2D eigenvalue weighted by atomic mass is 10.3. The predicted molar refractivity (Wildman–Crippen MR) is 59.9 cm³/mol. The number of nitrogens with zero attached hydrogens (tertiary/aromatic N) is 4. The molecule has 0 spiro atoms. The van der Waals surface area contributed by atoms with Gasteiger partial charge in [-0.05, 0) is 7.05 Å². The molecule has 0 atom stereocenters. The molecule has 1 aliphatic heterocycles. The second-order valence-corrected chi connectivity index (χ2v) is 4.11. The van der Waals surface area contributed by atoms with Crippen molar-refractivity contribution in [2.45, 2.75) is 0 Å². The zero-order chi connectivity index (χ0) is 11.7. The average Bonchev–Trinajstić information content (AvgIpc) is 2.61. The van der Waals surface area contributed by atoms with E-state index in [4.69, 9.17) is 5.11 Å². The van der Waals surface area contributed by atoms with Crippen LogP contribution >= 0.6 is 0 Å². The number of carbonyl (C=O) groups is 1. The van der Waals surface area contributed by atoms with E-state index in [1.807, 2.05) is 0 Å². The molecule has 0 amide bonds. The fraction of sp³-hybridized carbons (Fsp3) is 0.600. The largest absolute Gasteiger partial charge is 0.477 e. The predicted octanol–water partition coefficient (Wildman–Crippen LogP) is -0.130. The molecule has 1 saturated heterocycles. The van der Waals surface area contributed by atoms with E-state index in [0.29, 0.717) is 0 Å². The highest BCUT2D eigenvalue weighted by atomic mass is 16.4. The third-order valence-electron chi connectivity index (χ3n) is 2.91. The maximum absolute atomic E-state index is 10.9. The van der Waals surface area contributed by atoms with E-state index >= 15 is 0 Å². The Morgan fingerprint density at radius 2 is 1.94 bits per heavy atom. The molecule has 1 aliphatic rings. The van der Waals surface area contributed by atoms with Gasteiger partial charge in [-0.15, -0.1) is 0 Å². The zero-order valence-electron chi connectivity index (χ0n) is 9.55. The summed E-state index contributed by atoms with van der Waals surface area (Å²) in [5.41, 5.74) is 0.230. The summed E-state index contributed by atoms with van der Waals surface area (Å²) < 4.78 is 1.41. The number of hydrogen-bond donors (Lipinski definition) is 1. The van der Waals surface area contributed by atoms with Crippen molar-refractivity contribution in [2.75, 3.05) is 38.1 Å².